The maximum Gasteiger partial charge on any atom is 0.135 e. The summed E-state index contributed by atoms with van der Waals surface area (Å²) in [7, 11) is 0. The van der Waals surface area contributed by atoms with E-state index in [9.17, 15) is 0 Å². The molecule has 24 heavy (non-hydrogen) atoms. The predicted octanol–water partition coefficient (Wildman–Crippen LogP) is 3.85. The van der Waals surface area contributed by atoms with E-state index in [2.05, 4.69) is 48.8 Å². The molecule has 0 unspecified atom stereocenters. The zero-order valence-corrected chi connectivity index (χ0v) is 15.0. The summed E-state index contributed by atoms with van der Waals surface area (Å²) in [6.45, 7) is 4.68. The van der Waals surface area contributed by atoms with Gasteiger partial charge < -0.3 is 9.30 Å². The van der Waals surface area contributed by atoms with Crippen molar-refractivity contribution in [1.29, 1.82) is 0 Å². The minimum absolute atomic E-state index is 0.0598. The van der Waals surface area contributed by atoms with Crippen LogP contribution in [-0.2, 0) is 24.4 Å². The van der Waals surface area contributed by atoms with Crippen molar-refractivity contribution in [2.24, 2.45) is 0 Å². The fourth-order valence-corrected chi connectivity index (χ4v) is 5.23. The lowest BCUT2D eigenvalue weighted by atomic mass is 10.0. The summed E-state index contributed by atoms with van der Waals surface area (Å²) in [4.78, 5) is 8.39. The molecule has 1 atom stereocenters. The lowest BCUT2D eigenvalue weighted by molar-refractivity contribution is -0.0821. The average molecular weight is 358 g/mol. The Hall–Kier alpha value is -1.47. The van der Waals surface area contributed by atoms with E-state index >= 15 is 0 Å². The van der Waals surface area contributed by atoms with E-state index in [1.165, 1.54) is 16.1 Å². The number of thiophene rings is 2. The molecular weight excluding hydrogens is 338 g/mol. The number of likely N-dealkylation sites (tertiary alicyclic amines) is 1. The molecule has 6 heteroatoms. The van der Waals surface area contributed by atoms with Crippen LogP contribution in [0.15, 0.2) is 40.5 Å². The van der Waals surface area contributed by atoms with Gasteiger partial charge in [0.15, 0.2) is 0 Å². The summed E-state index contributed by atoms with van der Waals surface area (Å²) < 4.78 is 8.69. The molecule has 0 aromatic carbocycles. The van der Waals surface area contributed by atoms with Gasteiger partial charge in [-0.2, -0.15) is 11.3 Å². The molecule has 5 rings (SSSR count). The maximum atomic E-state index is 6.31. The normalized spacial score (nSPS) is 23.8. The van der Waals surface area contributed by atoms with Crippen molar-refractivity contribution in [2.75, 3.05) is 13.1 Å². The first-order chi connectivity index (χ1) is 11.8. The highest BCUT2D eigenvalue weighted by Crippen LogP contribution is 2.36. The van der Waals surface area contributed by atoms with Crippen LogP contribution in [0.1, 0.15) is 17.8 Å². The van der Waals surface area contributed by atoms with Crippen LogP contribution in [0.2, 0.25) is 0 Å². The highest BCUT2D eigenvalue weighted by atomic mass is 32.1. The Labute approximate surface area is 149 Å². The number of imidazole rings is 1. The van der Waals surface area contributed by atoms with Gasteiger partial charge in [-0.05, 0) is 40.3 Å². The SMILES string of the molecule is c1csc(-c2cnc3n2C[C@@]2(CCN(Cc4ccsc4)C2)OC3)c1. The molecular formula is C18H19N3OS2. The van der Waals surface area contributed by atoms with E-state index < -0.39 is 0 Å². The van der Waals surface area contributed by atoms with Crippen LogP contribution >= 0.6 is 22.7 Å². The third-order valence-corrected chi connectivity index (χ3v) is 6.67. The van der Waals surface area contributed by atoms with Crippen LogP contribution in [0.4, 0.5) is 0 Å². The van der Waals surface area contributed by atoms with Gasteiger partial charge in [0.2, 0.25) is 0 Å². The number of nitrogens with zero attached hydrogens (tertiary/aromatic N) is 3. The Morgan fingerprint density at radius 1 is 1.25 bits per heavy atom. The summed E-state index contributed by atoms with van der Waals surface area (Å²) in [5, 5.41) is 6.53. The molecule has 3 aromatic rings. The van der Waals surface area contributed by atoms with Gasteiger partial charge in [0.25, 0.3) is 0 Å². The van der Waals surface area contributed by atoms with Crippen LogP contribution in [-0.4, -0.2) is 33.1 Å². The minimum atomic E-state index is -0.0598. The van der Waals surface area contributed by atoms with E-state index in [1.54, 1.807) is 22.7 Å². The van der Waals surface area contributed by atoms with Crippen LogP contribution in [0.25, 0.3) is 10.6 Å². The molecule has 0 aliphatic carbocycles. The van der Waals surface area contributed by atoms with Gasteiger partial charge in [-0.15, -0.1) is 11.3 Å². The molecule has 0 amide bonds. The van der Waals surface area contributed by atoms with Crippen molar-refractivity contribution in [3.05, 3.63) is 51.9 Å². The number of fused-ring (bicyclic) bond motifs is 1. The summed E-state index contributed by atoms with van der Waals surface area (Å²) >= 11 is 3.55. The molecule has 0 bridgehead atoms. The molecule has 1 saturated heterocycles. The quantitative estimate of drug-likeness (QED) is 0.713. The van der Waals surface area contributed by atoms with Crippen molar-refractivity contribution in [3.63, 3.8) is 0 Å². The van der Waals surface area contributed by atoms with Crippen LogP contribution in [0, 0.1) is 0 Å². The fraction of sp³-hybridized carbons (Fsp3) is 0.389. The Balaban J connectivity index is 1.38. The zero-order valence-electron chi connectivity index (χ0n) is 13.4. The monoisotopic (exact) mass is 357 g/mol. The van der Waals surface area contributed by atoms with Crippen molar-refractivity contribution in [3.8, 4) is 10.6 Å². The molecule has 4 nitrogen and oxygen atoms in total. The highest BCUT2D eigenvalue weighted by molar-refractivity contribution is 7.13. The molecule has 0 radical (unpaired) electrons. The Morgan fingerprint density at radius 3 is 3.08 bits per heavy atom. The molecule has 2 aliphatic rings. The van der Waals surface area contributed by atoms with Gasteiger partial charge >= 0.3 is 0 Å². The maximum absolute atomic E-state index is 6.31. The van der Waals surface area contributed by atoms with Crippen LogP contribution in [0.5, 0.6) is 0 Å². The van der Waals surface area contributed by atoms with Crippen molar-refractivity contribution < 1.29 is 4.74 Å². The molecule has 1 spiro atoms. The van der Waals surface area contributed by atoms with Gasteiger partial charge in [0.1, 0.15) is 18.0 Å². The molecule has 5 heterocycles. The van der Waals surface area contributed by atoms with Gasteiger partial charge in [0, 0.05) is 19.6 Å². The number of aromatic nitrogens is 2. The second-order valence-corrected chi connectivity index (χ2v) is 8.41. The fourth-order valence-electron chi connectivity index (χ4n) is 3.83. The second kappa shape index (κ2) is 5.81. The number of hydrogen-bond acceptors (Lipinski definition) is 5. The summed E-state index contributed by atoms with van der Waals surface area (Å²) in [6.07, 6.45) is 3.10. The van der Waals surface area contributed by atoms with E-state index in [4.69, 9.17) is 4.74 Å². The first-order valence-electron chi connectivity index (χ1n) is 8.27. The first-order valence-corrected chi connectivity index (χ1v) is 10.1. The molecule has 3 aromatic heterocycles. The smallest absolute Gasteiger partial charge is 0.135 e. The number of ether oxygens (including phenoxy) is 1. The third-order valence-electron chi connectivity index (χ3n) is 5.05. The molecule has 0 saturated carbocycles. The van der Waals surface area contributed by atoms with Gasteiger partial charge in [-0.3, -0.25) is 4.90 Å². The van der Waals surface area contributed by atoms with E-state index in [0.717, 1.165) is 38.4 Å². The molecule has 124 valence electrons. The average Bonchev–Trinajstić information content (AvgIpc) is 3.35. The third kappa shape index (κ3) is 2.54. The molecule has 0 N–H and O–H groups in total. The predicted molar refractivity (Wildman–Crippen MR) is 97.3 cm³/mol. The standard InChI is InChI=1S/C18H19N3OS2/c1-2-16(24-6-1)15-8-19-17-10-22-18(13-21(15)17)4-5-20(12-18)9-14-3-7-23-11-14/h1-3,6-8,11H,4-5,9-10,12-13H2/t18-/m0/s1. The summed E-state index contributed by atoms with van der Waals surface area (Å²) in [6, 6.07) is 6.50. The second-order valence-electron chi connectivity index (χ2n) is 6.69. The van der Waals surface area contributed by atoms with Gasteiger partial charge in [0.05, 0.1) is 23.3 Å². The van der Waals surface area contributed by atoms with Crippen molar-refractivity contribution >= 4 is 22.7 Å². The Bertz CT molecular complexity index is 825. The number of rotatable bonds is 3. The van der Waals surface area contributed by atoms with E-state index in [-0.39, 0.29) is 5.60 Å². The highest BCUT2D eigenvalue weighted by Gasteiger charge is 2.43. The Morgan fingerprint density at radius 2 is 2.25 bits per heavy atom. The van der Waals surface area contributed by atoms with Crippen molar-refractivity contribution in [2.45, 2.75) is 31.7 Å². The van der Waals surface area contributed by atoms with Crippen LogP contribution in [0.3, 0.4) is 0 Å². The van der Waals surface area contributed by atoms with Gasteiger partial charge in [-0.25, -0.2) is 4.98 Å². The zero-order chi connectivity index (χ0) is 16.0. The van der Waals surface area contributed by atoms with Crippen molar-refractivity contribution in [1.82, 2.24) is 14.5 Å². The topological polar surface area (TPSA) is 30.3 Å². The first kappa shape index (κ1) is 14.8. The lowest BCUT2D eigenvalue weighted by Gasteiger charge is -2.35. The molecule has 1 fully saturated rings. The van der Waals surface area contributed by atoms with Crippen LogP contribution < -0.4 is 0 Å². The summed E-state index contributed by atoms with van der Waals surface area (Å²) in [5.74, 6) is 1.06. The Kier molecular flexibility index (Phi) is 3.59. The van der Waals surface area contributed by atoms with E-state index in [1.807, 2.05) is 6.20 Å². The molecule has 2 aliphatic heterocycles. The lowest BCUT2D eigenvalue weighted by Crippen LogP contribution is -2.44. The largest absolute Gasteiger partial charge is 0.364 e. The van der Waals surface area contributed by atoms with Gasteiger partial charge in [-0.1, -0.05) is 6.07 Å². The van der Waals surface area contributed by atoms with E-state index in [0.29, 0.717) is 6.61 Å². The minimum Gasteiger partial charge on any atom is -0.364 e. The summed E-state index contributed by atoms with van der Waals surface area (Å²) in [5.41, 5.74) is 2.59. The number of hydrogen-bond donors (Lipinski definition) is 0.